The molecule has 6 heteroatoms. The van der Waals surface area contributed by atoms with Crippen molar-refractivity contribution in [2.24, 2.45) is 5.92 Å². The van der Waals surface area contributed by atoms with E-state index in [1.54, 1.807) is 0 Å². The zero-order chi connectivity index (χ0) is 14.5. The van der Waals surface area contributed by atoms with Gasteiger partial charge in [0.1, 0.15) is 0 Å². The molecule has 0 aliphatic carbocycles. The predicted molar refractivity (Wildman–Crippen MR) is 70.0 cm³/mol. The molecular formula is C15H26K2O4. The molecule has 0 heterocycles. The summed E-state index contributed by atoms with van der Waals surface area (Å²) in [6, 6.07) is 0. The van der Waals surface area contributed by atoms with Crippen LogP contribution in [0.25, 0.3) is 0 Å². The topological polar surface area (TPSA) is 80.3 Å². The standard InChI is InChI=1S/C15H28O4.2K/c1-2-3-4-5-6-7-8-9-10-11-12-13(14(16)17)15(18)19;;/h13H,2-12H2,1H3,(H,16,17)(H,18,19);;/q;2*+1/p-2. The first-order valence-electron chi connectivity index (χ1n) is 7.51. The van der Waals surface area contributed by atoms with Crippen LogP contribution in [0.4, 0.5) is 0 Å². The molecule has 0 spiro atoms. The molecule has 0 saturated carbocycles. The maximum Gasteiger partial charge on any atom is 1.00 e. The SMILES string of the molecule is CCCCCCCCCCCCC(C(=O)[O-])C(=O)[O-].[K+].[K+]. The van der Waals surface area contributed by atoms with E-state index in [0.29, 0.717) is 6.42 Å². The molecule has 0 atom stereocenters. The van der Waals surface area contributed by atoms with E-state index >= 15 is 0 Å². The maximum atomic E-state index is 10.5. The van der Waals surface area contributed by atoms with Crippen molar-refractivity contribution in [2.75, 3.05) is 0 Å². The van der Waals surface area contributed by atoms with Gasteiger partial charge in [-0.05, 0) is 6.42 Å². The number of hydrogen-bond donors (Lipinski definition) is 0. The minimum atomic E-state index is -1.53. The van der Waals surface area contributed by atoms with Gasteiger partial charge in [-0.1, -0.05) is 71.1 Å². The Labute approximate surface area is 214 Å². The van der Waals surface area contributed by atoms with Gasteiger partial charge in [-0.3, -0.25) is 0 Å². The molecule has 0 aliphatic heterocycles. The molecule has 0 aromatic carbocycles. The molecule has 0 radical (unpaired) electrons. The van der Waals surface area contributed by atoms with Crippen LogP contribution in [-0.2, 0) is 9.59 Å². The molecule has 21 heavy (non-hydrogen) atoms. The van der Waals surface area contributed by atoms with Crippen LogP contribution in [-0.4, -0.2) is 11.9 Å². The van der Waals surface area contributed by atoms with Crippen molar-refractivity contribution < 1.29 is 123 Å². The number of carboxylic acid groups (broad SMARTS) is 2. The van der Waals surface area contributed by atoms with Gasteiger partial charge in [-0.2, -0.15) is 0 Å². The molecule has 0 unspecified atom stereocenters. The van der Waals surface area contributed by atoms with Crippen LogP contribution in [0, 0.1) is 5.92 Å². The normalized spacial score (nSPS) is 9.81. The van der Waals surface area contributed by atoms with E-state index in [1.807, 2.05) is 0 Å². The molecule has 0 aromatic rings. The van der Waals surface area contributed by atoms with E-state index in [2.05, 4.69) is 6.92 Å². The maximum absolute atomic E-state index is 10.5. The monoisotopic (exact) mass is 348 g/mol. The van der Waals surface area contributed by atoms with Crippen LogP contribution in [0.15, 0.2) is 0 Å². The number of carbonyl (C=O) groups is 2. The van der Waals surface area contributed by atoms with Crippen LogP contribution in [0.3, 0.4) is 0 Å². The average molecular weight is 349 g/mol. The molecule has 0 saturated heterocycles. The van der Waals surface area contributed by atoms with Crippen LogP contribution < -0.4 is 113 Å². The van der Waals surface area contributed by atoms with E-state index in [9.17, 15) is 19.8 Å². The van der Waals surface area contributed by atoms with Crippen LogP contribution >= 0.6 is 0 Å². The summed E-state index contributed by atoms with van der Waals surface area (Å²) in [5.41, 5.74) is 0. The van der Waals surface area contributed by atoms with Gasteiger partial charge < -0.3 is 19.8 Å². The van der Waals surface area contributed by atoms with Gasteiger partial charge in [-0.15, -0.1) is 0 Å². The van der Waals surface area contributed by atoms with Gasteiger partial charge in [0, 0.05) is 5.92 Å². The molecule has 0 bridgehead atoms. The van der Waals surface area contributed by atoms with Gasteiger partial charge in [-0.25, -0.2) is 0 Å². The summed E-state index contributed by atoms with van der Waals surface area (Å²) in [5.74, 6) is -4.51. The summed E-state index contributed by atoms with van der Waals surface area (Å²) in [4.78, 5) is 21.0. The average Bonchev–Trinajstić information content (AvgIpc) is 2.35. The molecular weight excluding hydrogens is 322 g/mol. The van der Waals surface area contributed by atoms with Crippen LogP contribution in [0.1, 0.15) is 77.6 Å². The number of carbonyl (C=O) groups excluding carboxylic acids is 2. The van der Waals surface area contributed by atoms with E-state index in [1.165, 1.54) is 38.5 Å². The number of rotatable bonds is 13. The molecule has 0 fully saturated rings. The number of carboxylic acids is 2. The first kappa shape index (κ1) is 28.0. The molecule has 0 amide bonds. The van der Waals surface area contributed by atoms with Crippen LogP contribution in [0.2, 0.25) is 0 Å². The summed E-state index contributed by atoms with van der Waals surface area (Å²) in [7, 11) is 0. The molecule has 112 valence electrons. The first-order valence-corrected chi connectivity index (χ1v) is 7.51. The molecule has 4 nitrogen and oxygen atoms in total. The second-order valence-electron chi connectivity index (χ2n) is 5.16. The quantitative estimate of drug-likeness (QED) is 0.191. The second kappa shape index (κ2) is 20.3. The van der Waals surface area contributed by atoms with Gasteiger partial charge >= 0.3 is 103 Å². The van der Waals surface area contributed by atoms with Crippen molar-refractivity contribution in [2.45, 2.75) is 77.6 Å². The molecule has 0 aliphatic rings. The van der Waals surface area contributed by atoms with Gasteiger partial charge in [0.15, 0.2) is 0 Å². The van der Waals surface area contributed by atoms with Crippen molar-refractivity contribution >= 4 is 11.9 Å². The van der Waals surface area contributed by atoms with Gasteiger partial charge in [0.05, 0.1) is 11.9 Å². The number of unbranched alkanes of at least 4 members (excludes halogenated alkanes) is 9. The third-order valence-electron chi connectivity index (χ3n) is 3.42. The minimum absolute atomic E-state index is 0. The fraction of sp³-hybridized carbons (Fsp3) is 0.867. The third-order valence-corrected chi connectivity index (χ3v) is 3.42. The Morgan fingerprint density at radius 1 is 0.714 bits per heavy atom. The third kappa shape index (κ3) is 18.4. The fourth-order valence-corrected chi connectivity index (χ4v) is 2.17. The predicted octanol–water partition coefficient (Wildman–Crippen LogP) is -4.58. The Balaban J connectivity index is -0.00000162. The zero-order valence-corrected chi connectivity index (χ0v) is 20.2. The Kier molecular flexibility index (Phi) is 27.0. The van der Waals surface area contributed by atoms with E-state index in [0.717, 1.165) is 19.3 Å². The smallest absolute Gasteiger partial charge is 0.549 e. The Morgan fingerprint density at radius 3 is 1.38 bits per heavy atom. The summed E-state index contributed by atoms with van der Waals surface area (Å²) >= 11 is 0. The van der Waals surface area contributed by atoms with Crippen molar-refractivity contribution in [3.05, 3.63) is 0 Å². The van der Waals surface area contributed by atoms with E-state index < -0.39 is 17.9 Å². The largest absolute Gasteiger partial charge is 1.00 e. The molecule has 0 rings (SSSR count). The second-order valence-corrected chi connectivity index (χ2v) is 5.16. The van der Waals surface area contributed by atoms with Gasteiger partial charge in [0.2, 0.25) is 0 Å². The van der Waals surface area contributed by atoms with Crippen molar-refractivity contribution in [1.29, 1.82) is 0 Å². The zero-order valence-electron chi connectivity index (χ0n) is 14.0. The summed E-state index contributed by atoms with van der Waals surface area (Å²) in [5, 5.41) is 21.0. The molecule has 0 aromatic heterocycles. The Bertz CT molecular complexity index is 246. The van der Waals surface area contributed by atoms with Crippen molar-refractivity contribution in [3.63, 3.8) is 0 Å². The minimum Gasteiger partial charge on any atom is -0.549 e. The number of aliphatic carboxylic acids is 2. The number of hydrogen-bond acceptors (Lipinski definition) is 4. The first-order chi connectivity index (χ1) is 9.09. The summed E-state index contributed by atoms with van der Waals surface area (Å²) in [6.07, 6.45) is 11.5. The van der Waals surface area contributed by atoms with Crippen molar-refractivity contribution in [1.82, 2.24) is 0 Å². The summed E-state index contributed by atoms with van der Waals surface area (Å²) in [6.45, 7) is 2.20. The Hall–Kier alpha value is 2.21. The van der Waals surface area contributed by atoms with E-state index in [4.69, 9.17) is 0 Å². The van der Waals surface area contributed by atoms with Crippen LogP contribution in [0.5, 0.6) is 0 Å². The fourth-order valence-electron chi connectivity index (χ4n) is 2.17. The van der Waals surface area contributed by atoms with E-state index in [-0.39, 0.29) is 109 Å². The molecule has 0 N–H and O–H groups in total. The van der Waals surface area contributed by atoms with Gasteiger partial charge in [0.25, 0.3) is 0 Å². The Morgan fingerprint density at radius 2 is 1.05 bits per heavy atom. The van der Waals surface area contributed by atoms with Crippen molar-refractivity contribution in [3.8, 4) is 0 Å². The summed E-state index contributed by atoms with van der Waals surface area (Å²) < 4.78 is 0.